The zero-order chi connectivity index (χ0) is 30.6. The van der Waals surface area contributed by atoms with E-state index < -0.39 is 23.8 Å². The largest absolute Gasteiger partial charge is 0.464 e. The summed E-state index contributed by atoms with van der Waals surface area (Å²) in [4.78, 5) is 31.6. The SMILES string of the molecule is CCOC(=O)[C@@H](c1ncn2c1C[C@@H](F)C2)n1cc2c(Cl)cc(-c3ccc(C4CN(C(=O)OC(C)(C)C)C4)cc3)c(Cl)c2n1. The van der Waals surface area contributed by atoms with Crippen LogP contribution in [0.25, 0.3) is 22.0 Å². The van der Waals surface area contributed by atoms with E-state index in [4.69, 9.17) is 32.7 Å². The molecule has 0 radical (unpaired) electrons. The predicted octanol–water partition coefficient (Wildman–Crippen LogP) is 6.59. The van der Waals surface area contributed by atoms with Crippen molar-refractivity contribution in [3.63, 3.8) is 0 Å². The van der Waals surface area contributed by atoms with Gasteiger partial charge in [-0.1, -0.05) is 47.5 Å². The third kappa shape index (κ3) is 5.58. The molecule has 43 heavy (non-hydrogen) atoms. The summed E-state index contributed by atoms with van der Waals surface area (Å²) in [5.41, 5.74) is 3.58. The Labute approximate surface area is 258 Å². The van der Waals surface area contributed by atoms with E-state index in [-0.39, 0.29) is 31.6 Å². The molecule has 1 saturated heterocycles. The first-order chi connectivity index (χ1) is 20.4. The molecule has 0 unspecified atom stereocenters. The summed E-state index contributed by atoms with van der Waals surface area (Å²) >= 11 is 13.7. The van der Waals surface area contributed by atoms with Crippen molar-refractivity contribution >= 4 is 46.2 Å². The standard InChI is InChI=1S/C31H32Cl2FN5O4/c1-5-42-29(40)28(27-24-10-20(34)14-38(24)16-35-27)39-15-22-23(32)11-21(25(33)26(22)36-39)18-8-6-17(7-9-18)19-12-37(13-19)30(41)43-31(2,3)4/h6-9,11,15-16,19-20,28H,5,10,12-14H2,1-4H3/t20-,28-/m1/s1. The van der Waals surface area contributed by atoms with Crippen molar-refractivity contribution in [2.24, 2.45) is 0 Å². The molecule has 4 heterocycles. The number of alkyl halides is 1. The van der Waals surface area contributed by atoms with E-state index in [9.17, 15) is 14.0 Å². The Morgan fingerprint density at radius 1 is 1.14 bits per heavy atom. The van der Waals surface area contributed by atoms with Crippen molar-refractivity contribution in [2.45, 2.75) is 64.4 Å². The van der Waals surface area contributed by atoms with Crippen LogP contribution in [0, 0.1) is 0 Å². The van der Waals surface area contributed by atoms with Crippen LogP contribution in [0.2, 0.25) is 10.0 Å². The summed E-state index contributed by atoms with van der Waals surface area (Å²) in [5.74, 6) is -0.334. The van der Waals surface area contributed by atoms with E-state index in [0.29, 0.717) is 51.0 Å². The number of esters is 1. The van der Waals surface area contributed by atoms with Gasteiger partial charge in [0.25, 0.3) is 0 Å². The molecular formula is C31H32Cl2FN5O4. The Bertz CT molecular complexity index is 1710. The molecule has 9 nitrogen and oxygen atoms in total. The molecule has 0 bridgehead atoms. The van der Waals surface area contributed by atoms with Gasteiger partial charge in [0, 0.05) is 48.3 Å². The molecule has 2 aromatic carbocycles. The molecule has 2 aromatic heterocycles. The molecule has 0 N–H and O–H groups in total. The number of carbonyl (C=O) groups is 2. The Balaban J connectivity index is 1.28. The lowest BCUT2D eigenvalue weighted by Crippen LogP contribution is -2.50. The molecule has 2 aliphatic rings. The monoisotopic (exact) mass is 627 g/mol. The van der Waals surface area contributed by atoms with Crippen LogP contribution in [-0.2, 0) is 27.2 Å². The lowest BCUT2D eigenvalue weighted by Gasteiger charge is -2.40. The maximum Gasteiger partial charge on any atom is 0.410 e. The second-order valence-electron chi connectivity index (χ2n) is 12.0. The average Bonchev–Trinajstić information content (AvgIpc) is 3.61. The fourth-order valence-corrected chi connectivity index (χ4v) is 6.20. The van der Waals surface area contributed by atoms with Crippen LogP contribution in [0.1, 0.15) is 56.6 Å². The number of carbonyl (C=O) groups excluding carboxylic acids is 2. The van der Waals surface area contributed by atoms with Crippen LogP contribution in [0.3, 0.4) is 0 Å². The molecule has 0 aliphatic carbocycles. The van der Waals surface area contributed by atoms with Crippen molar-refractivity contribution in [3.05, 3.63) is 69.9 Å². The van der Waals surface area contributed by atoms with Gasteiger partial charge >= 0.3 is 12.1 Å². The lowest BCUT2D eigenvalue weighted by atomic mass is 9.90. The second-order valence-corrected chi connectivity index (χ2v) is 12.8. The minimum absolute atomic E-state index is 0.160. The van der Waals surface area contributed by atoms with Gasteiger partial charge in [0.15, 0.2) is 6.04 Å². The van der Waals surface area contributed by atoms with E-state index in [1.807, 2.05) is 45.0 Å². The number of likely N-dealkylation sites (tertiary alicyclic amines) is 1. The second kappa shape index (κ2) is 11.1. The van der Waals surface area contributed by atoms with Crippen LogP contribution < -0.4 is 0 Å². The first-order valence-corrected chi connectivity index (χ1v) is 15.0. The molecule has 2 atom stereocenters. The number of ether oxygens (including phenoxy) is 2. The summed E-state index contributed by atoms with van der Waals surface area (Å²) in [5, 5.41) is 6.05. The summed E-state index contributed by atoms with van der Waals surface area (Å²) < 4.78 is 28.2. The number of imidazole rings is 1. The quantitative estimate of drug-likeness (QED) is 0.224. The maximum absolute atomic E-state index is 14.2. The highest BCUT2D eigenvalue weighted by Gasteiger charge is 2.36. The highest BCUT2D eigenvalue weighted by atomic mass is 35.5. The number of hydrogen-bond acceptors (Lipinski definition) is 6. The first kappa shape index (κ1) is 29.4. The van der Waals surface area contributed by atoms with Crippen molar-refractivity contribution < 1.29 is 23.5 Å². The molecule has 0 spiro atoms. The van der Waals surface area contributed by atoms with Gasteiger partial charge in [0.2, 0.25) is 0 Å². The molecule has 0 saturated carbocycles. The smallest absolute Gasteiger partial charge is 0.410 e. The number of fused-ring (bicyclic) bond motifs is 2. The molecule has 6 rings (SSSR count). The number of amides is 1. The van der Waals surface area contributed by atoms with Crippen LogP contribution in [-0.4, -0.2) is 67.8 Å². The highest BCUT2D eigenvalue weighted by molar-refractivity contribution is 6.42. The van der Waals surface area contributed by atoms with Crippen LogP contribution in [0.5, 0.6) is 0 Å². The van der Waals surface area contributed by atoms with Gasteiger partial charge in [-0.2, -0.15) is 5.10 Å². The third-order valence-electron chi connectivity index (χ3n) is 7.75. The van der Waals surface area contributed by atoms with Crippen molar-refractivity contribution in [2.75, 3.05) is 19.7 Å². The Morgan fingerprint density at radius 2 is 1.86 bits per heavy atom. The zero-order valence-corrected chi connectivity index (χ0v) is 25.8. The van der Waals surface area contributed by atoms with Crippen molar-refractivity contribution in [3.8, 4) is 11.1 Å². The number of halogens is 3. The van der Waals surface area contributed by atoms with E-state index in [1.54, 1.807) is 35.0 Å². The van der Waals surface area contributed by atoms with Gasteiger partial charge in [0.05, 0.1) is 35.2 Å². The Morgan fingerprint density at radius 3 is 2.53 bits per heavy atom. The molecule has 2 aliphatic heterocycles. The Kier molecular flexibility index (Phi) is 7.62. The number of nitrogens with zero attached hydrogens (tertiary/aromatic N) is 5. The summed E-state index contributed by atoms with van der Waals surface area (Å²) in [7, 11) is 0. The summed E-state index contributed by atoms with van der Waals surface area (Å²) in [6.45, 7) is 8.83. The van der Waals surface area contributed by atoms with Crippen LogP contribution in [0.15, 0.2) is 42.9 Å². The molecule has 226 valence electrons. The van der Waals surface area contributed by atoms with E-state index >= 15 is 0 Å². The van der Waals surface area contributed by atoms with Gasteiger partial charge in [-0.05, 0) is 44.9 Å². The summed E-state index contributed by atoms with van der Waals surface area (Å²) in [6, 6.07) is 8.74. The maximum atomic E-state index is 14.2. The third-order valence-corrected chi connectivity index (χ3v) is 8.45. The van der Waals surface area contributed by atoms with Gasteiger partial charge < -0.3 is 18.9 Å². The first-order valence-electron chi connectivity index (χ1n) is 14.2. The van der Waals surface area contributed by atoms with Gasteiger partial charge in [-0.25, -0.2) is 19.0 Å². The number of hydrogen-bond donors (Lipinski definition) is 0. The fraction of sp³-hybridized carbons (Fsp3) is 0.419. The number of benzene rings is 2. The van der Waals surface area contributed by atoms with Gasteiger partial charge in [-0.3, -0.25) is 4.68 Å². The van der Waals surface area contributed by atoms with Crippen LogP contribution in [0.4, 0.5) is 9.18 Å². The lowest BCUT2D eigenvalue weighted by molar-refractivity contribution is -0.146. The minimum atomic E-state index is -1.04. The molecule has 4 aromatic rings. The van der Waals surface area contributed by atoms with Crippen molar-refractivity contribution in [1.29, 1.82) is 0 Å². The highest BCUT2D eigenvalue weighted by Crippen LogP contribution is 2.40. The molecule has 1 amide bonds. The van der Waals surface area contributed by atoms with Gasteiger partial charge in [0.1, 0.15) is 17.3 Å². The zero-order valence-electron chi connectivity index (χ0n) is 24.3. The molecule has 1 fully saturated rings. The normalized spacial score (nSPS) is 17.6. The van der Waals surface area contributed by atoms with E-state index in [0.717, 1.165) is 11.1 Å². The Hall–Kier alpha value is -3.63. The fourth-order valence-electron chi connectivity index (χ4n) is 5.65. The minimum Gasteiger partial charge on any atom is -0.464 e. The number of rotatable bonds is 6. The average molecular weight is 629 g/mol. The van der Waals surface area contributed by atoms with E-state index in [1.165, 1.54) is 4.68 Å². The van der Waals surface area contributed by atoms with Crippen molar-refractivity contribution in [1.82, 2.24) is 24.2 Å². The topological polar surface area (TPSA) is 91.5 Å². The predicted molar refractivity (Wildman–Crippen MR) is 161 cm³/mol. The van der Waals surface area contributed by atoms with E-state index in [2.05, 4.69) is 10.1 Å². The number of aromatic nitrogens is 4. The summed E-state index contributed by atoms with van der Waals surface area (Å²) in [6.07, 6.45) is 2.01. The van der Waals surface area contributed by atoms with Crippen LogP contribution >= 0.6 is 23.2 Å². The molecular weight excluding hydrogens is 596 g/mol. The molecule has 12 heteroatoms. The van der Waals surface area contributed by atoms with Gasteiger partial charge in [-0.15, -0.1) is 0 Å².